The summed E-state index contributed by atoms with van der Waals surface area (Å²) in [6.07, 6.45) is -0.133. The van der Waals surface area contributed by atoms with Gasteiger partial charge in [0.25, 0.3) is 0 Å². The molecule has 0 saturated heterocycles. The highest BCUT2D eigenvalue weighted by Gasteiger charge is 2.27. The summed E-state index contributed by atoms with van der Waals surface area (Å²) in [6, 6.07) is 11.8. The van der Waals surface area contributed by atoms with E-state index < -0.39 is 6.09 Å². The quantitative estimate of drug-likeness (QED) is 0.467. The number of fused-ring (bicyclic) bond motifs is 1. The Bertz CT molecular complexity index is 1150. The first-order valence-corrected chi connectivity index (χ1v) is 10.3. The van der Waals surface area contributed by atoms with Crippen molar-refractivity contribution in [3.05, 3.63) is 64.3 Å². The molecule has 166 valence electrons. The molecule has 2 aromatic carbocycles. The van der Waals surface area contributed by atoms with E-state index in [9.17, 15) is 19.8 Å². The van der Waals surface area contributed by atoms with Crippen LogP contribution in [0.3, 0.4) is 0 Å². The first-order chi connectivity index (χ1) is 15.4. The van der Waals surface area contributed by atoms with E-state index in [1.165, 1.54) is 6.07 Å². The lowest BCUT2D eigenvalue weighted by Gasteiger charge is -2.27. The number of H-pyrrole nitrogens is 1. The number of aromatic nitrogens is 2. The first kappa shape index (κ1) is 21.5. The van der Waals surface area contributed by atoms with E-state index >= 15 is 0 Å². The van der Waals surface area contributed by atoms with Crippen molar-refractivity contribution in [2.75, 3.05) is 13.1 Å². The van der Waals surface area contributed by atoms with Gasteiger partial charge in [-0.15, -0.1) is 0 Å². The molecule has 9 nitrogen and oxygen atoms in total. The van der Waals surface area contributed by atoms with Crippen molar-refractivity contribution in [3.63, 3.8) is 0 Å². The van der Waals surface area contributed by atoms with Crippen LogP contribution in [0.15, 0.2) is 42.5 Å². The summed E-state index contributed by atoms with van der Waals surface area (Å²) in [4.78, 5) is 26.2. The maximum absolute atomic E-state index is 12.6. The molecule has 0 radical (unpaired) electrons. The largest absolute Gasteiger partial charge is 0.507 e. The number of aromatic hydroxyl groups is 2. The lowest BCUT2D eigenvalue weighted by molar-refractivity contribution is -0.131. The number of carbonyl (C=O) groups excluding carboxylic acids is 2. The van der Waals surface area contributed by atoms with Crippen LogP contribution < -0.4 is 5.32 Å². The Kier molecular flexibility index (Phi) is 6.18. The van der Waals surface area contributed by atoms with Crippen molar-refractivity contribution in [2.24, 2.45) is 0 Å². The third kappa shape index (κ3) is 4.62. The molecule has 4 N–H and O–H groups in total. The summed E-state index contributed by atoms with van der Waals surface area (Å²) in [6.45, 7) is 0.618. The van der Waals surface area contributed by atoms with Gasteiger partial charge in [-0.05, 0) is 11.6 Å². The Hall–Kier alpha value is -3.72. The Morgan fingerprint density at radius 2 is 1.97 bits per heavy atom. The number of phenolic OH excluding ortho intramolecular Hbond substituents is 2. The molecule has 4 rings (SSSR count). The molecule has 10 heteroatoms. The smallest absolute Gasteiger partial charge is 0.407 e. The molecule has 0 saturated carbocycles. The van der Waals surface area contributed by atoms with Crippen LogP contribution in [0.25, 0.3) is 11.3 Å². The van der Waals surface area contributed by atoms with Crippen LogP contribution in [-0.2, 0) is 29.1 Å². The fourth-order valence-corrected chi connectivity index (χ4v) is 3.67. The van der Waals surface area contributed by atoms with Gasteiger partial charge in [-0.2, -0.15) is 5.10 Å². The summed E-state index contributed by atoms with van der Waals surface area (Å²) in [5.41, 5.74) is 3.24. The van der Waals surface area contributed by atoms with Crippen LogP contribution in [0.5, 0.6) is 11.5 Å². The normalized spacial score (nSPS) is 12.8. The van der Waals surface area contributed by atoms with Gasteiger partial charge in [-0.3, -0.25) is 9.89 Å². The van der Waals surface area contributed by atoms with E-state index in [0.29, 0.717) is 24.2 Å². The molecule has 2 heterocycles. The average molecular weight is 457 g/mol. The highest BCUT2D eigenvalue weighted by atomic mass is 35.5. The average Bonchev–Trinajstić information content (AvgIpc) is 3.22. The molecule has 2 amide bonds. The highest BCUT2D eigenvalue weighted by molar-refractivity contribution is 6.32. The van der Waals surface area contributed by atoms with Crippen molar-refractivity contribution in [2.45, 2.75) is 19.6 Å². The van der Waals surface area contributed by atoms with Gasteiger partial charge < -0.3 is 25.2 Å². The zero-order valence-corrected chi connectivity index (χ0v) is 17.7. The molecular formula is C22H21ClN4O5. The van der Waals surface area contributed by atoms with Crippen LogP contribution in [0, 0.1) is 0 Å². The number of hydrogen-bond acceptors (Lipinski definition) is 6. The summed E-state index contributed by atoms with van der Waals surface area (Å²) >= 11 is 5.99. The molecule has 1 aliphatic rings. The maximum Gasteiger partial charge on any atom is 0.407 e. The predicted molar refractivity (Wildman–Crippen MR) is 116 cm³/mol. The molecule has 0 bridgehead atoms. The molecular weight excluding hydrogens is 436 g/mol. The lowest BCUT2D eigenvalue weighted by Crippen LogP contribution is -2.42. The number of halogens is 1. The number of phenols is 2. The molecule has 32 heavy (non-hydrogen) atoms. The Balaban J connectivity index is 1.38. The number of nitrogens with one attached hydrogen (secondary N) is 2. The SMILES string of the molecule is O=C(NCC(=O)N1CCc2[nH]nc(-c3cc(Cl)c(O)cc3O)c2C1)OCc1ccccc1. The van der Waals surface area contributed by atoms with E-state index in [-0.39, 0.29) is 42.1 Å². The van der Waals surface area contributed by atoms with E-state index in [4.69, 9.17) is 16.3 Å². The summed E-state index contributed by atoms with van der Waals surface area (Å²) < 4.78 is 5.12. The number of rotatable bonds is 5. The molecule has 0 fully saturated rings. The van der Waals surface area contributed by atoms with Crippen molar-refractivity contribution in [1.82, 2.24) is 20.4 Å². The number of carbonyl (C=O) groups is 2. The summed E-state index contributed by atoms with van der Waals surface area (Å²) in [5, 5.41) is 29.6. The predicted octanol–water partition coefficient (Wildman–Crippen LogP) is 2.95. The number of alkyl carbamates (subject to hydrolysis) is 1. The molecule has 3 aromatic rings. The van der Waals surface area contributed by atoms with Crippen molar-refractivity contribution in [1.29, 1.82) is 0 Å². The van der Waals surface area contributed by atoms with Gasteiger partial charge in [0.2, 0.25) is 5.91 Å². The summed E-state index contributed by atoms with van der Waals surface area (Å²) in [7, 11) is 0. The number of amides is 2. The van der Waals surface area contributed by atoms with Gasteiger partial charge in [0, 0.05) is 42.4 Å². The minimum Gasteiger partial charge on any atom is -0.507 e. The zero-order valence-electron chi connectivity index (χ0n) is 17.0. The minimum absolute atomic E-state index is 0.0801. The van der Waals surface area contributed by atoms with Crippen LogP contribution in [0.2, 0.25) is 5.02 Å². The third-order valence-corrected chi connectivity index (χ3v) is 5.51. The van der Waals surface area contributed by atoms with E-state index in [1.54, 1.807) is 4.90 Å². The van der Waals surface area contributed by atoms with Gasteiger partial charge in [-0.25, -0.2) is 4.79 Å². The van der Waals surface area contributed by atoms with Gasteiger partial charge >= 0.3 is 6.09 Å². The second kappa shape index (κ2) is 9.19. The molecule has 0 aliphatic carbocycles. The standard InChI is InChI=1S/C22H21ClN4O5/c23-16-8-14(18(28)9-19(16)29)21-15-11-27(7-6-17(15)25-26-21)20(30)10-24-22(31)32-12-13-4-2-1-3-5-13/h1-5,8-9,28-29H,6-7,10-12H2,(H,24,31)(H,25,26). The Morgan fingerprint density at radius 1 is 1.19 bits per heavy atom. The van der Waals surface area contributed by atoms with Crippen molar-refractivity contribution < 1.29 is 24.5 Å². The minimum atomic E-state index is -0.674. The van der Waals surface area contributed by atoms with Crippen LogP contribution >= 0.6 is 11.6 Å². The van der Waals surface area contributed by atoms with Crippen molar-refractivity contribution >= 4 is 23.6 Å². The lowest BCUT2D eigenvalue weighted by atomic mass is 10.00. The number of ether oxygens (including phenoxy) is 1. The summed E-state index contributed by atoms with van der Waals surface area (Å²) in [5.74, 6) is -0.681. The molecule has 0 unspecified atom stereocenters. The Labute approximate surface area is 188 Å². The molecule has 1 aromatic heterocycles. The van der Waals surface area contributed by atoms with Gasteiger partial charge in [0.05, 0.1) is 5.02 Å². The van der Waals surface area contributed by atoms with Crippen LogP contribution in [0.1, 0.15) is 16.8 Å². The number of benzene rings is 2. The number of hydrogen-bond donors (Lipinski definition) is 4. The van der Waals surface area contributed by atoms with E-state index in [2.05, 4.69) is 15.5 Å². The van der Waals surface area contributed by atoms with E-state index in [0.717, 1.165) is 22.9 Å². The zero-order chi connectivity index (χ0) is 22.7. The van der Waals surface area contributed by atoms with E-state index in [1.807, 2.05) is 30.3 Å². The Morgan fingerprint density at radius 3 is 2.75 bits per heavy atom. The fourth-order valence-electron chi connectivity index (χ4n) is 3.50. The van der Waals surface area contributed by atoms with Crippen LogP contribution in [0.4, 0.5) is 4.79 Å². The third-order valence-electron chi connectivity index (χ3n) is 5.20. The molecule has 0 atom stereocenters. The second-order valence-electron chi connectivity index (χ2n) is 7.33. The first-order valence-electron chi connectivity index (χ1n) is 9.92. The molecule has 0 spiro atoms. The molecule has 1 aliphatic heterocycles. The second-order valence-corrected chi connectivity index (χ2v) is 7.74. The topological polar surface area (TPSA) is 128 Å². The fraction of sp³-hybridized carbons (Fsp3) is 0.227. The van der Waals surface area contributed by atoms with Gasteiger partial charge in [0.1, 0.15) is 30.3 Å². The van der Waals surface area contributed by atoms with Gasteiger partial charge in [0.15, 0.2) is 0 Å². The highest BCUT2D eigenvalue weighted by Crippen LogP contribution is 2.39. The number of nitrogens with zero attached hydrogens (tertiary/aromatic N) is 2. The van der Waals surface area contributed by atoms with Gasteiger partial charge in [-0.1, -0.05) is 41.9 Å². The van der Waals surface area contributed by atoms with Crippen LogP contribution in [-0.4, -0.2) is 50.4 Å². The maximum atomic E-state index is 12.6. The van der Waals surface area contributed by atoms with Crippen molar-refractivity contribution in [3.8, 4) is 22.8 Å². The number of aromatic amines is 1. The monoisotopic (exact) mass is 456 g/mol.